The molecule has 4 heteroatoms. The van der Waals surface area contributed by atoms with Gasteiger partial charge in [-0.25, -0.2) is 4.79 Å². The fraction of sp³-hybridized carbons (Fsp3) is 0.150. The quantitative estimate of drug-likeness (QED) is 0.715. The van der Waals surface area contributed by atoms with Gasteiger partial charge in [0.1, 0.15) is 5.76 Å². The van der Waals surface area contributed by atoms with Crippen LogP contribution < -0.4 is 0 Å². The van der Waals surface area contributed by atoms with Crippen LogP contribution in [0, 0.1) is 0 Å². The molecule has 0 unspecified atom stereocenters. The third-order valence-electron chi connectivity index (χ3n) is 3.66. The summed E-state index contributed by atoms with van der Waals surface area (Å²) >= 11 is 0. The Bertz CT molecular complexity index is 806. The summed E-state index contributed by atoms with van der Waals surface area (Å²) in [4.78, 5) is 11.9. The molecule has 1 atom stereocenters. The fourth-order valence-corrected chi connectivity index (χ4v) is 2.52. The first-order valence-electron chi connectivity index (χ1n) is 7.80. The van der Waals surface area contributed by atoms with Crippen molar-refractivity contribution in [3.8, 4) is 22.5 Å². The minimum absolute atomic E-state index is 0.193. The first-order chi connectivity index (χ1) is 11.7. The van der Waals surface area contributed by atoms with E-state index in [-0.39, 0.29) is 12.4 Å². The lowest BCUT2D eigenvalue weighted by atomic mass is 10.0. The van der Waals surface area contributed by atoms with Gasteiger partial charge in [0, 0.05) is 11.1 Å². The van der Waals surface area contributed by atoms with Gasteiger partial charge in [0.25, 0.3) is 0 Å². The van der Waals surface area contributed by atoms with Crippen LogP contribution in [0.15, 0.2) is 71.1 Å². The van der Waals surface area contributed by atoms with Gasteiger partial charge in [0.15, 0.2) is 5.76 Å². The highest BCUT2D eigenvalue weighted by Gasteiger charge is 2.27. The van der Waals surface area contributed by atoms with Crippen molar-refractivity contribution >= 4 is 5.97 Å². The topological polar surface area (TPSA) is 59.7 Å². The second-order valence-corrected chi connectivity index (χ2v) is 5.28. The van der Waals surface area contributed by atoms with Crippen molar-refractivity contribution in [3.05, 3.63) is 72.5 Å². The lowest BCUT2D eigenvalue weighted by Crippen LogP contribution is -2.15. The molecule has 0 fully saturated rings. The Kier molecular flexibility index (Phi) is 4.77. The lowest BCUT2D eigenvalue weighted by molar-refractivity contribution is -0.154. The Balaban J connectivity index is 2.08. The first kappa shape index (κ1) is 16.0. The first-order valence-corrected chi connectivity index (χ1v) is 7.80. The average Bonchev–Trinajstić information content (AvgIpc) is 3.08. The summed E-state index contributed by atoms with van der Waals surface area (Å²) in [6.45, 7) is 1.89. The van der Waals surface area contributed by atoms with E-state index in [1.165, 1.54) is 0 Å². The van der Waals surface area contributed by atoms with Gasteiger partial charge in [-0.3, -0.25) is 0 Å². The molecule has 1 aromatic heterocycles. The van der Waals surface area contributed by atoms with E-state index in [1.807, 2.05) is 66.7 Å². The molecule has 24 heavy (non-hydrogen) atoms. The van der Waals surface area contributed by atoms with Crippen molar-refractivity contribution < 1.29 is 19.1 Å². The van der Waals surface area contributed by atoms with Crippen LogP contribution in [-0.2, 0) is 9.53 Å². The van der Waals surface area contributed by atoms with Crippen molar-refractivity contribution in [2.75, 3.05) is 6.61 Å². The van der Waals surface area contributed by atoms with Crippen LogP contribution in [0.25, 0.3) is 22.5 Å². The summed E-state index contributed by atoms with van der Waals surface area (Å²) < 4.78 is 10.7. The zero-order chi connectivity index (χ0) is 16.9. The third-order valence-corrected chi connectivity index (χ3v) is 3.66. The molecule has 0 aliphatic heterocycles. The van der Waals surface area contributed by atoms with Crippen LogP contribution in [0.3, 0.4) is 0 Å². The Labute approximate surface area is 140 Å². The molecule has 0 radical (unpaired) electrons. The summed E-state index contributed by atoms with van der Waals surface area (Å²) in [7, 11) is 0. The molecule has 4 nitrogen and oxygen atoms in total. The number of esters is 1. The molecule has 2 aromatic carbocycles. The molecule has 0 saturated heterocycles. The van der Waals surface area contributed by atoms with Gasteiger partial charge in [-0.1, -0.05) is 60.7 Å². The van der Waals surface area contributed by atoms with Crippen molar-refractivity contribution in [2.45, 2.75) is 13.0 Å². The number of furan rings is 1. The number of aliphatic hydroxyl groups is 1. The van der Waals surface area contributed by atoms with Crippen molar-refractivity contribution in [2.24, 2.45) is 0 Å². The van der Waals surface area contributed by atoms with Gasteiger partial charge in [0.05, 0.1) is 6.61 Å². The molecule has 0 amide bonds. The van der Waals surface area contributed by atoms with E-state index in [9.17, 15) is 9.90 Å². The standard InChI is InChI=1S/C20H18O4/c1-2-23-20(22)18(21)19-16(14-9-5-3-6-10-14)13-17(24-19)15-11-7-4-8-12-15/h3-13,18,21H,2H2,1H3/t18-/m1/s1. The molecular formula is C20H18O4. The SMILES string of the molecule is CCOC(=O)[C@H](O)c1oc(-c2ccccc2)cc1-c1ccccc1. The Morgan fingerprint density at radius 3 is 2.21 bits per heavy atom. The smallest absolute Gasteiger partial charge is 0.343 e. The van der Waals surface area contributed by atoms with Crippen LogP contribution in [0.1, 0.15) is 18.8 Å². The molecule has 122 valence electrons. The van der Waals surface area contributed by atoms with E-state index < -0.39 is 12.1 Å². The number of aliphatic hydroxyl groups excluding tert-OH is 1. The highest BCUT2D eigenvalue weighted by molar-refractivity contribution is 5.81. The molecule has 1 heterocycles. The minimum Gasteiger partial charge on any atom is -0.464 e. The highest BCUT2D eigenvalue weighted by atomic mass is 16.5. The Morgan fingerprint density at radius 2 is 1.62 bits per heavy atom. The van der Waals surface area contributed by atoms with E-state index in [1.54, 1.807) is 6.92 Å². The molecule has 0 bridgehead atoms. The van der Waals surface area contributed by atoms with Gasteiger partial charge in [-0.05, 0) is 18.6 Å². The predicted octanol–water partition coefficient (Wildman–Crippen LogP) is 4.21. The molecular weight excluding hydrogens is 304 g/mol. The lowest BCUT2D eigenvalue weighted by Gasteiger charge is -2.09. The van der Waals surface area contributed by atoms with Crippen molar-refractivity contribution in [3.63, 3.8) is 0 Å². The molecule has 3 aromatic rings. The minimum atomic E-state index is -1.46. The second kappa shape index (κ2) is 7.15. The van der Waals surface area contributed by atoms with E-state index in [0.717, 1.165) is 11.1 Å². The molecule has 3 rings (SSSR count). The summed E-state index contributed by atoms with van der Waals surface area (Å²) in [5.41, 5.74) is 2.41. The maximum absolute atomic E-state index is 11.9. The van der Waals surface area contributed by atoms with Gasteiger partial charge >= 0.3 is 5.97 Å². The number of ether oxygens (including phenoxy) is 1. The molecule has 0 saturated carbocycles. The summed E-state index contributed by atoms with van der Waals surface area (Å²) in [5, 5.41) is 10.4. The molecule has 0 spiro atoms. The van der Waals surface area contributed by atoms with Crippen molar-refractivity contribution in [1.29, 1.82) is 0 Å². The number of carbonyl (C=O) groups is 1. The predicted molar refractivity (Wildman–Crippen MR) is 91.2 cm³/mol. The maximum atomic E-state index is 11.9. The van der Waals surface area contributed by atoms with E-state index >= 15 is 0 Å². The van der Waals surface area contributed by atoms with Crippen LogP contribution in [0.5, 0.6) is 0 Å². The summed E-state index contributed by atoms with van der Waals surface area (Å²) in [6, 6.07) is 20.9. The van der Waals surface area contributed by atoms with Gasteiger partial charge < -0.3 is 14.3 Å². The normalized spacial score (nSPS) is 11.9. The van der Waals surface area contributed by atoms with E-state index in [4.69, 9.17) is 9.15 Å². The van der Waals surface area contributed by atoms with E-state index in [0.29, 0.717) is 11.3 Å². The molecule has 1 N–H and O–H groups in total. The third kappa shape index (κ3) is 3.24. The van der Waals surface area contributed by atoms with Gasteiger partial charge in [-0.15, -0.1) is 0 Å². The monoisotopic (exact) mass is 322 g/mol. The fourth-order valence-electron chi connectivity index (χ4n) is 2.52. The Morgan fingerprint density at radius 1 is 1.04 bits per heavy atom. The summed E-state index contributed by atoms with van der Waals surface area (Å²) in [5.74, 6) is 0.0648. The van der Waals surface area contributed by atoms with E-state index in [2.05, 4.69) is 0 Å². The summed E-state index contributed by atoms with van der Waals surface area (Å²) in [6.07, 6.45) is -1.46. The number of hydrogen-bond acceptors (Lipinski definition) is 4. The van der Waals surface area contributed by atoms with Gasteiger partial charge in [0.2, 0.25) is 6.10 Å². The molecule has 0 aliphatic rings. The number of rotatable bonds is 5. The zero-order valence-electron chi connectivity index (χ0n) is 13.3. The zero-order valence-corrected chi connectivity index (χ0v) is 13.3. The number of benzene rings is 2. The van der Waals surface area contributed by atoms with Crippen molar-refractivity contribution in [1.82, 2.24) is 0 Å². The number of carbonyl (C=O) groups excluding carboxylic acids is 1. The second-order valence-electron chi connectivity index (χ2n) is 5.28. The van der Waals surface area contributed by atoms with Crippen LogP contribution in [-0.4, -0.2) is 17.7 Å². The molecule has 0 aliphatic carbocycles. The van der Waals surface area contributed by atoms with Gasteiger partial charge in [-0.2, -0.15) is 0 Å². The maximum Gasteiger partial charge on any atom is 0.343 e. The highest BCUT2D eigenvalue weighted by Crippen LogP contribution is 2.36. The average molecular weight is 322 g/mol. The van der Waals surface area contributed by atoms with Crippen LogP contribution in [0.2, 0.25) is 0 Å². The van der Waals surface area contributed by atoms with Crippen LogP contribution >= 0.6 is 0 Å². The van der Waals surface area contributed by atoms with Crippen LogP contribution in [0.4, 0.5) is 0 Å². The number of hydrogen-bond donors (Lipinski definition) is 1. The Hall–Kier alpha value is -2.85. The largest absolute Gasteiger partial charge is 0.464 e.